The Kier molecular flexibility index (Phi) is 11.9. The maximum atomic E-state index is 12.1. The predicted octanol–water partition coefficient (Wildman–Crippen LogP) is 4.66. The zero-order valence-electron chi connectivity index (χ0n) is 16.7. The largest absolute Gasteiger partial charge is 0.491 e. The lowest BCUT2D eigenvalue weighted by atomic mass is 10.2. The van der Waals surface area contributed by atoms with E-state index in [1.807, 2.05) is 12.2 Å². The monoisotopic (exact) mass is 389 g/mol. The van der Waals surface area contributed by atoms with Crippen molar-refractivity contribution < 1.29 is 23.8 Å². The second-order valence-corrected chi connectivity index (χ2v) is 6.07. The summed E-state index contributed by atoms with van der Waals surface area (Å²) in [6, 6.07) is 5.26. The highest BCUT2D eigenvalue weighted by Gasteiger charge is 2.20. The molecular weight excluding hydrogens is 358 g/mol. The molecule has 0 heterocycles. The molecule has 0 bridgehead atoms. The lowest BCUT2D eigenvalue weighted by Gasteiger charge is -2.16. The van der Waals surface area contributed by atoms with Crippen LogP contribution in [-0.4, -0.2) is 31.7 Å². The van der Waals surface area contributed by atoms with Crippen molar-refractivity contribution in [3.8, 4) is 11.5 Å². The number of rotatable bonds is 14. The number of hydrogen-bond donors (Lipinski definition) is 1. The second kappa shape index (κ2) is 14.3. The number of unbranched alkanes of at least 4 members (excludes halogenated alkanes) is 4. The van der Waals surface area contributed by atoms with Crippen LogP contribution in [0.4, 0.5) is 5.69 Å². The van der Waals surface area contributed by atoms with Crippen LogP contribution in [0.5, 0.6) is 11.5 Å². The highest BCUT2D eigenvalue weighted by atomic mass is 16.5. The lowest BCUT2D eigenvalue weighted by molar-refractivity contribution is -0.152. The Hall–Kier alpha value is -2.76. The second-order valence-electron chi connectivity index (χ2n) is 6.07. The fourth-order valence-electron chi connectivity index (χ4n) is 2.38. The van der Waals surface area contributed by atoms with Gasteiger partial charge in [-0.3, -0.25) is 4.79 Å². The van der Waals surface area contributed by atoms with Crippen LogP contribution in [-0.2, 0) is 14.3 Å². The minimum absolute atomic E-state index is 0.125. The topological polar surface area (TPSA) is 73.9 Å². The number of carbonyl (C=O) groups is 2. The number of carbonyl (C=O) groups excluding carboxylic acids is 2. The standard InChI is InChI=1S/C22H31NO5/c1-4-7-9-11-16-27-18-14-13-15-19(28-17-12-10-8-5-2)20(18)23-21(24)22(25)26-6-3/h4-5,13-15H,1-2,6-12,16-17H2,3H3,(H,23,24). The Bertz CT molecular complexity index is 606. The maximum Gasteiger partial charge on any atom is 0.397 e. The van der Waals surface area contributed by atoms with Gasteiger partial charge in [0.15, 0.2) is 0 Å². The molecule has 0 aromatic heterocycles. The number of allylic oxidation sites excluding steroid dienone is 2. The van der Waals surface area contributed by atoms with Crippen molar-refractivity contribution in [1.29, 1.82) is 0 Å². The first-order chi connectivity index (χ1) is 13.6. The van der Waals surface area contributed by atoms with E-state index in [-0.39, 0.29) is 6.61 Å². The number of anilines is 1. The zero-order chi connectivity index (χ0) is 20.6. The molecule has 0 aliphatic rings. The number of esters is 1. The van der Waals surface area contributed by atoms with Crippen LogP contribution in [0.2, 0.25) is 0 Å². The average molecular weight is 389 g/mol. The number of nitrogens with one attached hydrogen (secondary N) is 1. The molecule has 0 saturated heterocycles. The normalized spacial score (nSPS) is 10.0. The first kappa shape index (κ1) is 23.3. The zero-order valence-corrected chi connectivity index (χ0v) is 16.7. The predicted molar refractivity (Wildman–Crippen MR) is 111 cm³/mol. The van der Waals surface area contributed by atoms with E-state index in [1.54, 1.807) is 25.1 Å². The van der Waals surface area contributed by atoms with Crippen molar-refractivity contribution in [2.24, 2.45) is 0 Å². The summed E-state index contributed by atoms with van der Waals surface area (Å²) >= 11 is 0. The molecule has 0 spiro atoms. The lowest BCUT2D eigenvalue weighted by Crippen LogP contribution is -2.25. The van der Waals surface area contributed by atoms with Gasteiger partial charge in [0.1, 0.15) is 17.2 Å². The van der Waals surface area contributed by atoms with Crippen LogP contribution < -0.4 is 14.8 Å². The summed E-state index contributed by atoms with van der Waals surface area (Å²) in [4.78, 5) is 23.8. The minimum Gasteiger partial charge on any atom is -0.491 e. The molecule has 0 fully saturated rings. The minimum atomic E-state index is -0.944. The molecule has 1 aromatic rings. The van der Waals surface area contributed by atoms with E-state index in [0.717, 1.165) is 38.5 Å². The third-order valence-electron chi connectivity index (χ3n) is 3.81. The fourth-order valence-corrected chi connectivity index (χ4v) is 2.38. The van der Waals surface area contributed by atoms with E-state index in [2.05, 4.69) is 18.5 Å². The molecule has 0 atom stereocenters. The van der Waals surface area contributed by atoms with E-state index in [0.29, 0.717) is 30.4 Å². The van der Waals surface area contributed by atoms with Gasteiger partial charge >= 0.3 is 11.9 Å². The van der Waals surface area contributed by atoms with Crippen molar-refractivity contribution in [2.75, 3.05) is 25.1 Å². The third-order valence-corrected chi connectivity index (χ3v) is 3.81. The molecule has 6 nitrogen and oxygen atoms in total. The first-order valence-electron chi connectivity index (χ1n) is 9.72. The summed E-state index contributed by atoms with van der Waals surface area (Å²) in [5.74, 6) is -0.888. The highest BCUT2D eigenvalue weighted by Crippen LogP contribution is 2.35. The van der Waals surface area contributed by atoms with Crippen LogP contribution in [0.15, 0.2) is 43.5 Å². The van der Waals surface area contributed by atoms with E-state index in [9.17, 15) is 9.59 Å². The molecule has 0 unspecified atom stereocenters. The Morgan fingerprint density at radius 3 is 1.96 bits per heavy atom. The smallest absolute Gasteiger partial charge is 0.397 e. The number of amides is 1. The number of hydrogen-bond acceptors (Lipinski definition) is 5. The van der Waals surface area contributed by atoms with Crippen molar-refractivity contribution >= 4 is 17.6 Å². The SMILES string of the molecule is C=CCCCCOc1cccc(OCCCCC=C)c1NC(=O)C(=O)OCC. The van der Waals surface area contributed by atoms with Gasteiger partial charge in [0.25, 0.3) is 0 Å². The van der Waals surface area contributed by atoms with Gasteiger partial charge < -0.3 is 19.5 Å². The molecule has 1 N–H and O–H groups in total. The van der Waals surface area contributed by atoms with Crippen LogP contribution in [0.25, 0.3) is 0 Å². The van der Waals surface area contributed by atoms with Gasteiger partial charge in [0, 0.05) is 0 Å². The third kappa shape index (κ3) is 8.75. The molecule has 6 heteroatoms. The summed E-state index contributed by atoms with van der Waals surface area (Å²) in [5, 5.41) is 2.57. The van der Waals surface area contributed by atoms with Gasteiger partial charge in [-0.15, -0.1) is 13.2 Å². The van der Waals surface area contributed by atoms with Crippen molar-refractivity contribution in [3.05, 3.63) is 43.5 Å². The highest BCUT2D eigenvalue weighted by molar-refractivity contribution is 6.37. The molecule has 1 amide bonds. The summed E-state index contributed by atoms with van der Waals surface area (Å²) in [5.41, 5.74) is 0.341. The van der Waals surface area contributed by atoms with Gasteiger partial charge in [0.05, 0.1) is 19.8 Å². The number of para-hydroxylation sites is 1. The summed E-state index contributed by atoms with van der Waals surface area (Å²) in [6.45, 7) is 10.1. The van der Waals surface area contributed by atoms with Crippen LogP contribution in [0.3, 0.4) is 0 Å². The molecule has 1 rings (SSSR count). The molecule has 0 aliphatic heterocycles. The van der Waals surface area contributed by atoms with Gasteiger partial charge in [-0.2, -0.15) is 0 Å². The quantitative estimate of drug-likeness (QED) is 0.217. The molecule has 154 valence electrons. The van der Waals surface area contributed by atoms with Crippen LogP contribution in [0, 0.1) is 0 Å². The van der Waals surface area contributed by atoms with Crippen LogP contribution >= 0.6 is 0 Å². The van der Waals surface area contributed by atoms with E-state index >= 15 is 0 Å². The molecular formula is C22H31NO5. The maximum absolute atomic E-state index is 12.1. The van der Waals surface area contributed by atoms with Crippen molar-refractivity contribution in [1.82, 2.24) is 0 Å². The van der Waals surface area contributed by atoms with E-state index in [4.69, 9.17) is 14.2 Å². The van der Waals surface area contributed by atoms with Gasteiger partial charge in [-0.05, 0) is 57.6 Å². The summed E-state index contributed by atoms with van der Waals surface area (Å²) < 4.78 is 16.4. The fraction of sp³-hybridized carbons (Fsp3) is 0.455. The Balaban J connectivity index is 2.85. The van der Waals surface area contributed by atoms with Gasteiger partial charge in [-0.25, -0.2) is 4.79 Å². The van der Waals surface area contributed by atoms with Crippen LogP contribution in [0.1, 0.15) is 45.4 Å². The summed E-state index contributed by atoms with van der Waals surface area (Å²) in [7, 11) is 0. The van der Waals surface area contributed by atoms with Crippen molar-refractivity contribution in [3.63, 3.8) is 0 Å². The molecule has 0 aliphatic carbocycles. The number of benzene rings is 1. The van der Waals surface area contributed by atoms with Gasteiger partial charge in [-0.1, -0.05) is 18.2 Å². The molecule has 0 radical (unpaired) electrons. The first-order valence-corrected chi connectivity index (χ1v) is 9.72. The van der Waals surface area contributed by atoms with Crippen molar-refractivity contribution in [2.45, 2.75) is 45.4 Å². The van der Waals surface area contributed by atoms with E-state index < -0.39 is 11.9 Å². The summed E-state index contributed by atoms with van der Waals surface area (Å²) in [6.07, 6.45) is 9.21. The molecule has 1 aromatic carbocycles. The molecule has 28 heavy (non-hydrogen) atoms. The Morgan fingerprint density at radius 2 is 1.50 bits per heavy atom. The number of ether oxygens (including phenoxy) is 3. The Labute approximate surface area is 167 Å². The average Bonchev–Trinajstić information content (AvgIpc) is 2.69. The Morgan fingerprint density at radius 1 is 0.964 bits per heavy atom. The van der Waals surface area contributed by atoms with E-state index in [1.165, 1.54) is 0 Å². The molecule has 0 saturated carbocycles. The van der Waals surface area contributed by atoms with Gasteiger partial charge in [0.2, 0.25) is 0 Å².